The van der Waals surface area contributed by atoms with Gasteiger partial charge in [0.1, 0.15) is 5.82 Å². The van der Waals surface area contributed by atoms with E-state index >= 15 is 0 Å². The van der Waals surface area contributed by atoms with Crippen molar-refractivity contribution in [3.63, 3.8) is 0 Å². The van der Waals surface area contributed by atoms with Crippen LogP contribution in [-0.2, 0) is 0 Å². The van der Waals surface area contributed by atoms with Crippen molar-refractivity contribution in [2.24, 2.45) is 0 Å². The Balaban J connectivity index is 2.23. The van der Waals surface area contributed by atoms with Crippen LogP contribution in [0.3, 0.4) is 0 Å². The van der Waals surface area contributed by atoms with Crippen LogP contribution in [0.15, 0.2) is 60.8 Å². The molecule has 106 valence electrons. The highest BCUT2D eigenvalue weighted by molar-refractivity contribution is 6.32. The maximum Gasteiger partial charge on any atom is 0.134 e. The lowest BCUT2D eigenvalue weighted by molar-refractivity contribution is 0.622. The molecular formula is C18H15ClFN. The molecule has 0 amide bonds. The van der Waals surface area contributed by atoms with Crippen LogP contribution < -0.4 is 5.32 Å². The summed E-state index contributed by atoms with van der Waals surface area (Å²) in [5.41, 5.74) is 4.16. The molecule has 1 aliphatic rings. The molecule has 2 aromatic rings. The quantitative estimate of drug-likeness (QED) is 0.799. The van der Waals surface area contributed by atoms with Gasteiger partial charge in [0.05, 0.1) is 16.3 Å². The molecule has 0 radical (unpaired) electrons. The Morgan fingerprint density at radius 2 is 1.76 bits per heavy atom. The van der Waals surface area contributed by atoms with Gasteiger partial charge in [0, 0.05) is 5.70 Å². The van der Waals surface area contributed by atoms with Crippen LogP contribution in [0, 0.1) is 5.82 Å². The lowest BCUT2D eigenvalue weighted by Crippen LogP contribution is -2.19. The average molecular weight is 300 g/mol. The Hall–Kier alpha value is -2.06. The van der Waals surface area contributed by atoms with Crippen molar-refractivity contribution >= 4 is 22.9 Å². The minimum absolute atomic E-state index is 0.326. The second-order valence-electron chi connectivity index (χ2n) is 5.04. The molecule has 0 saturated heterocycles. The summed E-state index contributed by atoms with van der Waals surface area (Å²) in [5.74, 6) is -0.326. The van der Waals surface area contributed by atoms with Gasteiger partial charge in [-0.1, -0.05) is 54.6 Å². The van der Waals surface area contributed by atoms with Gasteiger partial charge in [0.25, 0.3) is 0 Å². The minimum Gasteiger partial charge on any atom is -0.359 e. The van der Waals surface area contributed by atoms with Crippen LogP contribution >= 0.6 is 11.6 Å². The van der Waals surface area contributed by atoms with E-state index in [1.807, 2.05) is 30.3 Å². The van der Waals surface area contributed by atoms with Crippen molar-refractivity contribution in [2.45, 2.75) is 12.8 Å². The fraction of sp³-hybridized carbons (Fsp3) is 0.111. The van der Waals surface area contributed by atoms with Crippen LogP contribution in [0.4, 0.5) is 4.39 Å². The summed E-state index contributed by atoms with van der Waals surface area (Å²) in [6.45, 7) is 3.97. The van der Waals surface area contributed by atoms with Crippen molar-refractivity contribution in [3.8, 4) is 0 Å². The first-order valence-electron chi connectivity index (χ1n) is 6.84. The summed E-state index contributed by atoms with van der Waals surface area (Å²) < 4.78 is 14.3. The zero-order valence-corrected chi connectivity index (χ0v) is 12.3. The van der Waals surface area contributed by atoms with Crippen LogP contribution in [0.2, 0.25) is 5.02 Å². The summed E-state index contributed by atoms with van der Waals surface area (Å²) in [6, 6.07) is 14.7. The predicted octanol–water partition coefficient (Wildman–Crippen LogP) is 5.24. The summed E-state index contributed by atoms with van der Waals surface area (Å²) in [5, 5.41) is 3.63. The van der Waals surface area contributed by atoms with Crippen LogP contribution in [0.5, 0.6) is 0 Å². The zero-order valence-electron chi connectivity index (χ0n) is 11.5. The van der Waals surface area contributed by atoms with Crippen molar-refractivity contribution < 1.29 is 4.39 Å². The van der Waals surface area contributed by atoms with Gasteiger partial charge < -0.3 is 5.32 Å². The van der Waals surface area contributed by atoms with Crippen LogP contribution in [0.25, 0.3) is 11.3 Å². The molecular weight excluding hydrogens is 285 g/mol. The molecule has 3 rings (SSSR count). The minimum atomic E-state index is -0.326. The van der Waals surface area contributed by atoms with Crippen molar-refractivity contribution in [3.05, 3.63) is 82.8 Å². The number of hydrogen-bond donors (Lipinski definition) is 1. The Kier molecular flexibility index (Phi) is 3.80. The maximum absolute atomic E-state index is 14.3. The van der Waals surface area contributed by atoms with Gasteiger partial charge in [-0.25, -0.2) is 4.39 Å². The molecule has 0 spiro atoms. The third-order valence-electron chi connectivity index (χ3n) is 3.62. The normalized spacial score (nSPS) is 15.0. The van der Waals surface area contributed by atoms with E-state index in [9.17, 15) is 4.39 Å². The lowest BCUT2D eigenvalue weighted by atomic mass is 9.92. The summed E-state index contributed by atoms with van der Waals surface area (Å²) in [4.78, 5) is 0. The molecule has 1 nitrogen and oxygen atoms in total. The summed E-state index contributed by atoms with van der Waals surface area (Å²) in [7, 11) is 0. The van der Waals surface area contributed by atoms with Crippen molar-refractivity contribution in [1.82, 2.24) is 5.32 Å². The Morgan fingerprint density at radius 1 is 1.00 bits per heavy atom. The van der Waals surface area contributed by atoms with Crippen LogP contribution in [-0.4, -0.2) is 0 Å². The lowest BCUT2D eigenvalue weighted by Gasteiger charge is -2.25. The van der Waals surface area contributed by atoms with E-state index in [0.29, 0.717) is 10.6 Å². The molecule has 21 heavy (non-hydrogen) atoms. The van der Waals surface area contributed by atoms with Crippen molar-refractivity contribution in [2.75, 3.05) is 0 Å². The fourth-order valence-electron chi connectivity index (χ4n) is 2.59. The number of hydrogen-bond acceptors (Lipinski definition) is 1. The molecule has 0 unspecified atom stereocenters. The van der Waals surface area contributed by atoms with Crippen LogP contribution in [0.1, 0.15) is 24.0 Å². The highest BCUT2D eigenvalue weighted by Gasteiger charge is 2.21. The van der Waals surface area contributed by atoms with Gasteiger partial charge in [-0.3, -0.25) is 0 Å². The SMILES string of the molecule is C=C1CCC(c2ccccc2)=C(c2c(F)cccc2Cl)N1. The Labute approximate surface area is 128 Å². The van der Waals surface area contributed by atoms with E-state index in [0.717, 1.165) is 35.4 Å². The average Bonchev–Trinajstić information content (AvgIpc) is 2.48. The largest absolute Gasteiger partial charge is 0.359 e. The van der Waals surface area contributed by atoms with E-state index < -0.39 is 0 Å². The van der Waals surface area contributed by atoms with Gasteiger partial charge >= 0.3 is 0 Å². The molecule has 0 aromatic heterocycles. The number of allylic oxidation sites excluding steroid dienone is 2. The molecule has 0 atom stereocenters. The smallest absolute Gasteiger partial charge is 0.134 e. The van der Waals surface area contributed by atoms with Gasteiger partial charge in [0.15, 0.2) is 0 Å². The molecule has 0 bridgehead atoms. The first kappa shape index (κ1) is 13.9. The molecule has 2 aromatic carbocycles. The molecule has 3 heteroatoms. The highest BCUT2D eigenvalue weighted by atomic mass is 35.5. The van der Waals surface area contributed by atoms with E-state index in [4.69, 9.17) is 11.6 Å². The van der Waals surface area contributed by atoms with Gasteiger partial charge in [-0.2, -0.15) is 0 Å². The molecule has 1 heterocycles. The summed E-state index contributed by atoms with van der Waals surface area (Å²) >= 11 is 6.22. The molecule has 1 N–H and O–H groups in total. The number of rotatable bonds is 2. The second kappa shape index (κ2) is 5.74. The number of benzene rings is 2. The van der Waals surface area contributed by atoms with E-state index in [1.54, 1.807) is 12.1 Å². The maximum atomic E-state index is 14.3. The monoisotopic (exact) mass is 299 g/mol. The Bertz CT molecular complexity index is 699. The van der Waals surface area contributed by atoms with E-state index in [1.165, 1.54) is 6.07 Å². The van der Waals surface area contributed by atoms with Crippen molar-refractivity contribution in [1.29, 1.82) is 0 Å². The number of halogens is 2. The topological polar surface area (TPSA) is 12.0 Å². The van der Waals surface area contributed by atoms with Gasteiger partial charge in [-0.05, 0) is 36.1 Å². The molecule has 0 aliphatic carbocycles. The van der Waals surface area contributed by atoms with Gasteiger partial charge in [0.2, 0.25) is 0 Å². The number of nitrogens with one attached hydrogen (secondary N) is 1. The molecule has 0 saturated carbocycles. The van der Waals surface area contributed by atoms with Gasteiger partial charge in [-0.15, -0.1) is 0 Å². The van der Waals surface area contributed by atoms with E-state index in [2.05, 4.69) is 11.9 Å². The first-order chi connectivity index (χ1) is 10.2. The fourth-order valence-corrected chi connectivity index (χ4v) is 2.85. The zero-order chi connectivity index (χ0) is 14.8. The van der Waals surface area contributed by atoms with E-state index in [-0.39, 0.29) is 5.82 Å². The standard InChI is InChI=1S/C18H15ClFN/c1-12-10-11-14(13-6-3-2-4-7-13)18(21-12)17-15(19)8-5-9-16(17)20/h2-9,21H,1,10-11H2. The predicted molar refractivity (Wildman–Crippen MR) is 86.2 cm³/mol. The Morgan fingerprint density at radius 3 is 2.48 bits per heavy atom. The second-order valence-corrected chi connectivity index (χ2v) is 5.45. The summed E-state index contributed by atoms with van der Waals surface area (Å²) in [6.07, 6.45) is 1.65. The third-order valence-corrected chi connectivity index (χ3v) is 3.93. The third kappa shape index (κ3) is 2.72. The highest BCUT2D eigenvalue weighted by Crippen LogP contribution is 2.37. The molecule has 0 fully saturated rings. The first-order valence-corrected chi connectivity index (χ1v) is 7.22. The molecule has 1 aliphatic heterocycles.